The van der Waals surface area contributed by atoms with Crippen molar-refractivity contribution in [1.82, 2.24) is 5.32 Å². The van der Waals surface area contributed by atoms with E-state index in [0.717, 1.165) is 5.56 Å². The first kappa shape index (κ1) is 14.3. The lowest BCUT2D eigenvalue weighted by atomic mass is 10.2. The van der Waals surface area contributed by atoms with Crippen LogP contribution in [0.5, 0.6) is 0 Å². The van der Waals surface area contributed by atoms with E-state index in [1.165, 1.54) is 17.0 Å². The van der Waals surface area contributed by atoms with Crippen molar-refractivity contribution in [2.75, 3.05) is 11.4 Å². The van der Waals surface area contributed by atoms with Gasteiger partial charge in [0.1, 0.15) is 5.82 Å². The van der Waals surface area contributed by atoms with Gasteiger partial charge in [0.25, 0.3) is 0 Å². The molecular formula is C14H17FN2O3. The van der Waals surface area contributed by atoms with Gasteiger partial charge in [0.2, 0.25) is 0 Å². The normalized spacial score (nSPS) is 14.8. The highest BCUT2D eigenvalue weighted by Gasteiger charge is 2.25. The van der Waals surface area contributed by atoms with Gasteiger partial charge in [-0.05, 0) is 37.5 Å². The summed E-state index contributed by atoms with van der Waals surface area (Å²) < 4.78 is 13.2. The van der Waals surface area contributed by atoms with E-state index in [-0.39, 0.29) is 24.3 Å². The summed E-state index contributed by atoms with van der Waals surface area (Å²) in [5, 5.41) is 11.3. The van der Waals surface area contributed by atoms with Gasteiger partial charge in [0.15, 0.2) is 0 Å². The molecule has 0 aromatic heterocycles. The maximum absolute atomic E-state index is 13.2. The summed E-state index contributed by atoms with van der Waals surface area (Å²) in [6, 6.07) is 3.87. The minimum Gasteiger partial charge on any atom is -0.481 e. The standard InChI is InChI=1S/C14H17FN2O3/c1-9(2-5-13(18)19)16-14(20)17-7-6-10-3-4-11(15)8-12(10)17/h3-4,8-9H,2,5-7H2,1H3,(H,16,20)(H,18,19). The van der Waals surface area contributed by atoms with Gasteiger partial charge in [0, 0.05) is 19.0 Å². The Balaban J connectivity index is 1.98. The number of carboxylic acid groups (broad SMARTS) is 1. The molecule has 0 bridgehead atoms. The lowest BCUT2D eigenvalue weighted by molar-refractivity contribution is -0.137. The summed E-state index contributed by atoms with van der Waals surface area (Å²) >= 11 is 0. The van der Waals surface area contributed by atoms with Crippen LogP contribution in [0.15, 0.2) is 18.2 Å². The number of nitrogens with one attached hydrogen (secondary N) is 1. The van der Waals surface area contributed by atoms with Crippen molar-refractivity contribution in [3.05, 3.63) is 29.6 Å². The highest BCUT2D eigenvalue weighted by atomic mass is 19.1. The van der Waals surface area contributed by atoms with E-state index in [4.69, 9.17) is 5.11 Å². The number of anilines is 1. The highest BCUT2D eigenvalue weighted by molar-refractivity contribution is 5.94. The summed E-state index contributed by atoms with van der Waals surface area (Å²) in [4.78, 5) is 24.1. The zero-order valence-corrected chi connectivity index (χ0v) is 11.2. The maximum atomic E-state index is 13.2. The Kier molecular flexibility index (Phi) is 4.22. The fraction of sp³-hybridized carbons (Fsp3) is 0.429. The zero-order valence-electron chi connectivity index (χ0n) is 11.2. The molecule has 20 heavy (non-hydrogen) atoms. The number of urea groups is 1. The Hall–Kier alpha value is -2.11. The second kappa shape index (κ2) is 5.90. The Morgan fingerprint density at radius 1 is 1.50 bits per heavy atom. The third kappa shape index (κ3) is 3.26. The number of hydrogen-bond acceptors (Lipinski definition) is 2. The van der Waals surface area contributed by atoms with Gasteiger partial charge in [-0.25, -0.2) is 9.18 Å². The molecule has 1 heterocycles. The average molecular weight is 280 g/mol. The summed E-state index contributed by atoms with van der Waals surface area (Å²) in [5.74, 6) is -1.26. The minimum atomic E-state index is -0.889. The Morgan fingerprint density at radius 3 is 2.95 bits per heavy atom. The topological polar surface area (TPSA) is 69.6 Å². The summed E-state index contributed by atoms with van der Waals surface area (Å²) in [7, 11) is 0. The number of fused-ring (bicyclic) bond motifs is 1. The van der Waals surface area contributed by atoms with E-state index >= 15 is 0 Å². The van der Waals surface area contributed by atoms with Crippen LogP contribution in [-0.4, -0.2) is 29.7 Å². The molecule has 0 spiro atoms. The van der Waals surface area contributed by atoms with Crippen molar-refractivity contribution >= 4 is 17.7 Å². The molecule has 0 aliphatic carbocycles. The molecule has 1 aromatic rings. The van der Waals surface area contributed by atoms with E-state index in [1.807, 2.05) is 0 Å². The van der Waals surface area contributed by atoms with Gasteiger partial charge in [0.05, 0.1) is 5.69 Å². The van der Waals surface area contributed by atoms with Crippen molar-refractivity contribution in [1.29, 1.82) is 0 Å². The average Bonchev–Trinajstić information content (AvgIpc) is 2.79. The van der Waals surface area contributed by atoms with Gasteiger partial charge >= 0.3 is 12.0 Å². The van der Waals surface area contributed by atoms with Gasteiger partial charge < -0.3 is 10.4 Å². The van der Waals surface area contributed by atoms with Gasteiger partial charge in [-0.2, -0.15) is 0 Å². The van der Waals surface area contributed by atoms with E-state index in [1.54, 1.807) is 13.0 Å². The fourth-order valence-corrected chi connectivity index (χ4v) is 2.26. The molecule has 0 saturated carbocycles. The second-order valence-corrected chi connectivity index (χ2v) is 4.96. The predicted octanol–water partition coefficient (Wildman–Crippen LogP) is 2.15. The Labute approximate surface area is 116 Å². The molecule has 1 aromatic carbocycles. The van der Waals surface area contributed by atoms with Crippen LogP contribution in [0.3, 0.4) is 0 Å². The smallest absolute Gasteiger partial charge is 0.322 e. The molecule has 1 aliphatic heterocycles. The zero-order chi connectivity index (χ0) is 14.7. The van der Waals surface area contributed by atoms with Crippen molar-refractivity contribution in [3.63, 3.8) is 0 Å². The summed E-state index contributed by atoms with van der Waals surface area (Å²) in [6.07, 6.45) is 1.07. The Morgan fingerprint density at radius 2 is 2.25 bits per heavy atom. The molecule has 0 saturated heterocycles. The lowest BCUT2D eigenvalue weighted by Crippen LogP contribution is -2.43. The number of aliphatic carboxylic acids is 1. The molecule has 1 unspecified atom stereocenters. The van der Waals surface area contributed by atoms with Crippen LogP contribution in [-0.2, 0) is 11.2 Å². The third-order valence-corrected chi connectivity index (χ3v) is 3.35. The van der Waals surface area contributed by atoms with Crippen LogP contribution in [0.25, 0.3) is 0 Å². The van der Waals surface area contributed by atoms with Crippen LogP contribution < -0.4 is 10.2 Å². The molecule has 2 rings (SSSR count). The molecule has 1 aliphatic rings. The number of nitrogens with zero attached hydrogens (tertiary/aromatic N) is 1. The third-order valence-electron chi connectivity index (χ3n) is 3.35. The fourth-order valence-electron chi connectivity index (χ4n) is 2.26. The van der Waals surface area contributed by atoms with E-state index in [9.17, 15) is 14.0 Å². The highest BCUT2D eigenvalue weighted by Crippen LogP contribution is 2.28. The van der Waals surface area contributed by atoms with Crippen LogP contribution in [0, 0.1) is 5.82 Å². The number of amides is 2. The van der Waals surface area contributed by atoms with Crippen molar-refractivity contribution in [2.45, 2.75) is 32.2 Å². The van der Waals surface area contributed by atoms with Gasteiger partial charge in [-0.15, -0.1) is 0 Å². The van der Waals surface area contributed by atoms with Gasteiger partial charge in [-0.3, -0.25) is 9.69 Å². The molecule has 0 radical (unpaired) electrons. The van der Waals surface area contributed by atoms with E-state index < -0.39 is 5.97 Å². The minimum absolute atomic E-state index is 0.00661. The number of carboxylic acids is 1. The van der Waals surface area contributed by atoms with Crippen molar-refractivity contribution in [3.8, 4) is 0 Å². The van der Waals surface area contributed by atoms with Crippen LogP contribution >= 0.6 is 0 Å². The molecule has 0 fully saturated rings. The largest absolute Gasteiger partial charge is 0.481 e. The van der Waals surface area contributed by atoms with E-state index in [0.29, 0.717) is 25.1 Å². The molecule has 2 amide bonds. The monoisotopic (exact) mass is 280 g/mol. The number of carbonyl (C=O) groups excluding carboxylic acids is 1. The van der Waals surface area contributed by atoms with Crippen LogP contribution in [0.2, 0.25) is 0 Å². The van der Waals surface area contributed by atoms with E-state index in [2.05, 4.69) is 5.32 Å². The quantitative estimate of drug-likeness (QED) is 0.888. The number of hydrogen-bond donors (Lipinski definition) is 2. The lowest BCUT2D eigenvalue weighted by Gasteiger charge is -2.21. The molecule has 2 N–H and O–H groups in total. The molecular weight excluding hydrogens is 263 g/mol. The van der Waals surface area contributed by atoms with Gasteiger partial charge in [-0.1, -0.05) is 6.07 Å². The molecule has 108 valence electrons. The number of carbonyl (C=O) groups is 2. The maximum Gasteiger partial charge on any atom is 0.322 e. The van der Waals surface area contributed by atoms with Crippen LogP contribution in [0.1, 0.15) is 25.3 Å². The predicted molar refractivity (Wildman–Crippen MR) is 72.3 cm³/mol. The SMILES string of the molecule is CC(CCC(=O)O)NC(=O)N1CCc2ccc(F)cc21. The number of rotatable bonds is 4. The molecule has 5 nitrogen and oxygen atoms in total. The number of halogens is 1. The first-order chi connectivity index (χ1) is 9.47. The second-order valence-electron chi connectivity index (χ2n) is 4.96. The first-order valence-electron chi connectivity index (χ1n) is 6.55. The first-order valence-corrected chi connectivity index (χ1v) is 6.55. The molecule has 6 heteroatoms. The summed E-state index contributed by atoms with van der Waals surface area (Å²) in [5.41, 5.74) is 1.53. The Bertz CT molecular complexity index is 533. The number of benzene rings is 1. The van der Waals surface area contributed by atoms with Crippen LogP contribution in [0.4, 0.5) is 14.9 Å². The van der Waals surface area contributed by atoms with Crippen molar-refractivity contribution < 1.29 is 19.1 Å². The van der Waals surface area contributed by atoms with Crippen molar-refractivity contribution in [2.24, 2.45) is 0 Å². The summed E-state index contributed by atoms with van der Waals surface area (Å²) in [6.45, 7) is 2.26. The molecule has 1 atom stereocenters.